The van der Waals surface area contributed by atoms with E-state index in [-0.39, 0.29) is 17.9 Å². The minimum atomic E-state index is -0.793. The largest absolute Gasteiger partial charge is 0.492 e. The van der Waals surface area contributed by atoms with Crippen molar-refractivity contribution in [2.75, 3.05) is 6.61 Å². The van der Waals surface area contributed by atoms with Gasteiger partial charge in [-0.1, -0.05) is 23.2 Å². The standard InChI is InChI=1S/C18H21Cl2NO4/c19-12-5-6-14(13(20)9-12)25-7-1-2-15(22)21-17-11-4-3-10(8-11)16(17)18(23)24/h5-6,9-11,16-17H,1-4,7-8H2,(H,21,22)(H,23,24)/t10-,11+,16+,17-/m0/s1. The lowest BCUT2D eigenvalue weighted by Gasteiger charge is -2.28. The van der Waals surface area contributed by atoms with E-state index in [0.29, 0.717) is 41.2 Å². The molecule has 3 rings (SSSR count). The lowest BCUT2D eigenvalue weighted by molar-refractivity contribution is -0.144. The average Bonchev–Trinajstić information content (AvgIpc) is 3.14. The van der Waals surface area contributed by atoms with Gasteiger partial charge in [0.05, 0.1) is 17.5 Å². The summed E-state index contributed by atoms with van der Waals surface area (Å²) in [6, 6.07) is 4.76. The topological polar surface area (TPSA) is 75.6 Å². The summed E-state index contributed by atoms with van der Waals surface area (Å²) >= 11 is 11.8. The molecular weight excluding hydrogens is 365 g/mol. The van der Waals surface area contributed by atoms with E-state index in [1.54, 1.807) is 18.2 Å². The predicted molar refractivity (Wildman–Crippen MR) is 95.1 cm³/mol. The van der Waals surface area contributed by atoms with Gasteiger partial charge in [-0.25, -0.2) is 0 Å². The van der Waals surface area contributed by atoms with Gasteiger partial charge in [0.15, 0.2) is 0 Å². The molecule has 2 aliphatic carbocycles. The first-order valence-corrected chi connectivity index (χ1v) is 9.31. The number of carbonyl (C=O) groups is 2. The monoisotopic (exact) mass is 385 g/mol. The number of fused-ring (bicyclic) bond motifs is 2. The van der Waals surface area contributed by atoms with Crippen molar-refractivity contribution in [2.24, 2.45) is 17.8 Å². The maximum Gasteiger partial charge on any atom is 0.308 e. The van der Waals surface area contributed by atoms with Gasteiger partial charge in [-0.15, -0.1) is 0 Å². The van der Waals surface area contributed by atoms with Gasteiger partial charge in [-0.05, 0) is 55.7 Å². The second-order valence-electron chi connectivity index (χ2n) is 6.82. The van der Waals surface area contributed by atoms with Crippen molar-refractivity contribution in [2.45, 2.75) is 38.1 Å². The average molecular weight is 386 g/mol. The number of hydrogen-bond donors (Lipinski definition) is 2. The van der Waals surface area contributed by atoms with E-state index >= 15 is 0 Å². The summed E-state index contributed by atoms with van der Waals surface area (Å²) in [5, 5.41) is 13.3. The minimum Gasteiger partial charge on any atom is -0.492 e. The van der Waals surface area contributed by atoms with Crippen molar-refractivity contribution in [3.63, 3.8) is 0 Å². The van der Waals surface area contributed by atoms with Crippen LogP contribution in [0.15, 0.2) is 18.2 Å². The quantitative estimate of drug-likeness (QED) is 0.700. The fourth-order valence-corrected chi connectivity index (χ4v) is 4.58. The van der Waals surface area contributed by atoms with Crippen LogP contribution in [0.5, 0.6) is 5.75 Å². The second-order valence-corrected chi connectivity index (χ2v) is 7.66. The number of carboxylic acids is 1. The predicted octanol–water partition coefficient (Wildman–Crippen LogP) is 3.77. The highest BCUT2D eigenvalue weighted by molar-refractivity contribution is 6.35. The number of carbonyl (C=O) groups excluding carboxylic acids is 1. The van der Waals surface area contributed by atoms with Crippen LogP contribution in [-0.2, 0) is 9.59 Å². The number of amides is 1. The zero-order chi connectivity index (χ0) is 18.0. The Balaban J connectivity index is 1.43. The fraction of sp³-hybridized carbons (Fsp3) is 0.556. The summed E-state index contributed by atoms with van der Waals surface area (Å²) in [6.45, 7) is 0.355. The first kappa shape index (κ1) is 18.3. The fourth-order valence-electron chi connectivity index (χ4n) is 4.12. The van der Waals surface area contributed by atoms with Gasteiger partial charge < -0.3 is 15.2 Å². The normalized spacial score (nSPS) is 27.3. The highest BCUT2D eigenvalue weighted by Crippen LogP contribution is 2.48. The van der Waals surface area contributed by atoms with E-state index in [1.165, 1.54) is 0 Å². The van der Waals surface area contributed by atoms with Crippen molar-refractivity contribution in [1.29, 1.82) is 0 Å². The van der Waals surface area contributed by atoms with E-state index in [4.69, 9.17) is 27.9 Å². The summed E-state index contributed by atoms with van der Waals surface area (Å²) < 4.78 is 5.56. The molecule has 0 aliphatic heterocycles. The number of halogens is 2. The van der Waals surface area contributed by atoms with Crippen LogP contribution in [0, 0.1) is 17.8 Å². The van der Waals surface area contributed by atoms with Gasteiger partial charge in [0, 0.05) is 17.5 Å². The van der Waals surface area contributed by atoms with Gasteiger partial charge in [0.2, 0.25) is 5.91 Å². The Kier molecular flexibility index (Phi) is 5.74. The van der Waals surface area contributed by atoms with Crippen LogP contribution in [-0.4, -0.2) is 29.6 Å². The molecule has 2 N–H and O–H groups in total. The van der Waals surface area contributed by atoms with Crippen LogP contribution in [0.2, 0.25) is 10.0 Å². The highest BCUT2D eigenvalue weighted by atomic mass is 35.5. The Morgan fingerprint density at radius 3 is 2.72 bits per heavy atom. The Bertz CT molecular complexity index is 666. The van der Waals surface area contributed by atoms with E-state index in [0.717, 1.165) is 19.3 Å². The zero-order valence-corrected chi connectivity index (χ0v) is 15.2. The molecule has 0 spiro atoms. The number of benzene rings is 1. The molecule has 2 bridgehead atoms. The van der Waals surface area contributed by atoms with E-state index in [1.807, 2.05) is 0 Å². The van der Waals surface area contributed by atoms with Crippen molar-refractivity contribution >= 4 is 35.1 Å². The third-order valence-corrected chi connectivity index (χ3v) is 5.76. The molecule has 2 fully saturated rings. The Morgan fingerprint density at radius 1 is 1.24 bits per heavy atom. The number of nitrogens with one attached hydrogen (secondary N) is 1. The summed E-state index contributed by atoms with van der Waals surface area (Å²) in [6.07, 6.45) is 3.72. The lowest BCUT2D eigenvalue weighted by Crippen LogP contribution is -2.46. The van der Waals surface area contributed by atoms with Gasteiger partial charge in [0.25, 0.3) is 0 Å². The molecule has 1 aromatic carbocycles. The maximum absolute atomic E-state index is 12.2. The van der Waals surface area contributed by atoms with E-state index in [9.17, 15) is 14.7 Å². The van der Waals surface area contributed by atoms with E-state index in [2.05, 4.69) is 5.32 Å². The third-order valence-electron chi connectivity index (χ3n) is 5.23. The van der Waals surface area contributed by atoms with Crippen molar-refractivity contribution in [3.05, 3.63) is 28.2 Å². The summed E-state index contributed by atoms with van der Waals surface area (Å²) in [4.78, 5) is 23.6. The molecular formula is C18H21Cl2NO4. The van der Waals surface area contributed by atoms with Crippen LogP contribution < -0.4 is 10.1 Å². The van der Waals surface area contributed by atoms with Gasteiger partial charge in [-0.2, -0.15) is 0 Å². The Morgan fingerprint density at radius 2 is 2.00 bits per heavy atom. The molecule has 25 heavy (non-hydrogen) atoms. The number of carboxylic acid groups (broad SMARTS) is 1. The first-order valence-electron chi connectivity index (χ1n) is 8.55. The van der Waals surface area contributed by atoms with Gasteiger partial charge >= 0.3 is 5.97 Å². The molecule has 0 aromatic heterocycles. The number of aliphatic carboxylic acids is 1. The Labute approximate surface area is 156 Å². The molecule has 0 saturated heterocycles. The maximum atomic E-state index is 12.2. The molecule has 136 valence electrons. The molecule has 0 radical (unpaired) electrons. The number of rotatable bonds is 7. The van der Waals surface area contributed by atoms with Crippen LogP contribution in [0.1, 0.15) is 32.1 Å². The first-order chi connectivity index (χ1) is 12.0. The summed E-state index contributed by atoms with van der Waals surface area (Å²) in [5.41, 5.74) is 0. The lowest BCUT2D eigenvalue weighted by atomic mass is 9.84. The smallest absolute Gasteiger partial charge is 0.308 e. The molecule has 0 unspecified atom stereocenters. The molecule has 1 amide bonds. The number of hydrogen-bond acceptors (Lipinski definition) is 3. The third kappa shape index (κ3) is 4.21. The molecule has 5 nitrogen and oxygen atoms in total. The number of ether oxygens (including phenoxy) is 1. The molecule has 7 heteroatoms. The van der Waals surface area contributed by atoms with Crippen molar-refractivity contribution in [3.8, 4) is 5.75 Å². The van der Waals surface area contributed by atoms with Gasteiger partial charge in [0.1, 0.15) is 5.75 Å². The summed E-state index contributed by atoms with van der Waals surface area (Å²) in [7, 11) is 0. The highest BCUT2D eigenvalue weighted by Gasteiger charge is 2.51. The van der Waals surface area contributed by atoms with Crippen molar-refractivity contribution in [1.82, 2.24) is 5.32 Å². The molecule has 4 atom stereocenters. The van der Waals surface area contributed by atoms with Crippen LogP contribution in [0.25, 0.3) is 0 Å². The van der Waals surface area contributed by atoms with Crippen LogP contribution in [0.4, 0.5) is 0 Å². The zero-order valence-electron chi connectivity index (χ0n) is 13.7. The van der Waals surface area contributed by atoms with Crippen LogP contribution >= 0.6 is 23.2 Å². The minimum absolute atomic E-state index is 0.116. The molecule has 2 saturated carbocycles. The van der Waals surface area contributed by atoms with Crippen molar-refractivity contribution < 1.29 is 19.4 Å². The molecule has 0 heterocycles. The van der Waals surface area contributed by atoms with Crippen LogP contribution in [0.3, 0.4) is 0 Å². The summed E-state index contributed by atoms with van der Waals surface area (Å²) in [5.74, 6) is -0.299. The molecule has 2 aliphatic rings. The Hall–Kier alpha value is -1.46. The second kappa shape index (κ2) is 7.83. The molecule has 1 aromatic rings. The van der Waals surface area contributed by atoms with E-state index < -0.39 is 11.9 Å². The SMILES string of the molecule is O=C(CCCOc1ccc(Cl)cc1Cl)N[C@H]1[C@@H]2CC[C@@H](C2)[C@H]1C(=O)O. The van der Waals surface area contributed by atoms with Gasteiger partial charge in [-0.3, -0.25) is 9.59 Å².